The highest BCUT2D eigenvalue weighted by molar-refractivity contribution is 5.97. The van der Waals surface area contributed by atoms with Crippen LogP contribution in [-0.4, -0.2) is 54.9 Å². The molecular weight excluding hydrogens is 524 g/mol. The van der Waals surface area contributed by atoms with Crippen molar-refractivity contribution >= 4 is 12.1 Å². The molecule has 0 saturated carbocycles. The number of carbonyl (C=O) groups excluding carboxylic acids is 1. The molecule has 5 rings (SSSR count). The minimum atomic E-state index is -0.428. The largest absolute Gasteiger partial charge is 0.490 e. The van der Waals surface area contributed by atoms with Gasteiger partial charge in [0.1, 0.15) is 18.9 Å². The molecule has 3 aromatic carbocycles. The molecule has 41 heavy (non-hydrogen) atoms. The average Bonchev–Trinajstić information content (AvgIpc) is 3.43. The summed E-state index contributed by atoms with van der Waals surface area (Å²) in [6.07, 6.45) is 3.42. The Balaban J connectivity index is 1.44. The van der Waals surface area contributed by atoms with Crippen molar-refractivity contribution in [2.24, 2.45) is 5.10 Å². The van der Waals surface area contributed by atoms with Crippen molar-refractivity contribution in [3.05, 3.63) is 78.0 Å². The van der Waals surface area contributed by atoms with Crippen LogP contribution in [0.1, 0.15) is 36.7 Å². The van der Waals surface area contributed by atoms with Gasteiger partial charge in [-0.1, -0.05) is 18.2 Å². The smallest absolute Gasteiger partial charge is 0.271 e. The van der Waals surface area contributed by atoms with Gasteiger partial charge in [0, 0.05) is 22.9 Å². The molecule has 10 heteroatoms. The highest BCUT2D eigenvalue weighted by Crippen LogP contribution is 2.39. The molecule has 0 fully saturated rings. The standard InChI is InChI=1S/C31H32N4O6/c1-4-37-27-17-22(18-28(38-5-2)30(27)39-6-3)31(36)33-32-19-23-20-35(24-10-8-7-9-11-24)34-29(23)21-12-13-25-26(16-21)41-15-14-40-25/h7-13,16-20H,4-6,14-15H2,1-3H3,(H,33,36)/b32-19-. The van der Waals surface area contributed by atoms with Crippen LogP contribution in [0.2, 0.25) is 0 Å². The summed E-state index contributed by atoms with van der Waals surface area (Å²) >= 11 is 0. The zero-order valence-electron chi connectivity index (χ0n) is 23.3. The van der Waals surface area contributed by atoms with E-state index in [0.29, 0.717) is 78.6 Å². The zero-order valence-corrected chi connectivity index (χ0v) is 23.3. The van der Waals surface area contributed by atoms with E-state index in [-0.39, 0.29) is 0 Å². The lowest BCUT2D eigenvalue weighted by atomic mass is 10.1. The number of amides is 1. The number of fused-ring (bicyclic) bond motifs is 1. The molecule has 1 aliphatic rings. The molecule has 0 atom stereocenters. The van der Waals surface area contributed by atoms with Gasteiger partial charge in [-0.05, 0) is 63.2 Å². The molecule has 2 heterocycles. The maximum Gasteiger partial charge on any atom is 0.271 e. The molecule has 0 aliphatic carbocycles. The fourth-order valence-electron chi connectivity index (χ4n) is 4.35. The number of nitrogens with zero attached hydrogens (tertiary/aromatic N) is 3. The number of rotatable bonds is 11. The third-order valence-electron chi connectivity index (χ3n) is 6.12. The lowest BCUT2D eigenvalue weighted by Crippen LogP contribution is -2.18. The highest BCUT2D eigenvalue weighted by atomic mass is 16.6. The number of hydrazone groups is 1. The molecule has 0 saturated heterocycles. The summed E-state index contributed by atoms with van der Waals surface area (Å²) in [6, 6.07) is 18.7. The van der Waals surface area contributed by atoms with E-state index in [1.807, 2.05) is 75.5 Å². The first kappa shape index (κ1) is 27.6. The van der Waals surface area contributed by atoms with Crippen LogP contribution in [0.15, 0.2) is 72.0 Å². The SMILES string of the molecule is CCOc1cc(C(=O)N/N=C\c2cn(-c3ccccc3)nc2-c2ccc3c(c2)OCCO3)cc(OCC)c1OCC. The first-order valence-corrected chi connectivity index (χ1v) is 13.6. The summed E-state index contributed by atoms with van der Waals surface area (Å²) in [7, 11) is 0. The van der Waals surface area contributed by atoms with Gasteiger partial charge in [-0.25, -0.2) is 10.1 Å². The topological polar surface area (TPSA) is 105 Å². The molecular formula is C31H32N4O6. The molecule has 0 radical (unpaired) electrons. The van der Waals surface area contributed by atoms with Crippen LogP contribution in [0, 0.1) is 0 Å². The Bertz CT molecular complexity index is 1510. The number of hydrogen-bond donors (Lipinski definition) is 1. The summed E-state index contributed by atoms with van der Waals surface area (Å²) in [6.45, 7) is 7.84. The van der Waals surface area contributed by atoms with E-state index in [2.05, 4.69) is 10.5 Å². The average molecular weight is 557 g/mol. The summed E-state index contributed by atoms with van der Waals surface area (Å²) < 4.78 is 30.4. The third-order valence-corrected chi connectivity index (χ3v) is 6.12. The van der Waals surface area contributed by atoms with Crippen molar-refractivity contribution in [2.75, 3.05) is 33.0 Å². The van der Waals surface area contributed by atoms with Crippen LogP contribution in [0.3, 0.4) is 0 Å². The summed E-state index contributed by atoms with van der Waals surface area (Å²) in [5.74, 6) is 2.25. The predicted molar refractivity (Wildman–Crippen MR) is 155 cm³/mol. The Kier molecular flexibility index (Phi) is 8.68. The Morgan fingerprint density at radius 2 is 1.61 bits per heavy atom. The Morgan fingerprint density at radius 3 is 2.29 bits per heavy atom. The molecule has 1 aromatic heterocycles. The number of para-hydroxylation sites is 1. The number of nitrogens with one attached hydrogen (secondary N) is 1. The molecule has 1 aliphatic heterocycles. The number of hydrogen-bond acceptors (Lipinski definition) is 8. The molecule has 212 valence electrons. The van der Waals surface area contributed by atoms with Crippen molar-refractivity contribution in [1.29, 1.82) is 0 Å². The number of ether oxygens (including phenoxy) is 5. The van der Waals surface area contributed by atoms with Gasteiger partial charge >= 0.3 is 0 Å². The quantitative estimate of drug-likeness (QED) is 0.198. The van der Waals surface area contributed by atoms with Crippen LogP contribution in [0.5, 0.6) is 28.7 Å². The van der Waals surface area contributed by atoms with E-state index in [9.17, 15) is 4.79 Å². The summed E-state index contributed by atoms with van der Waals surface area (Å²) in [4.78, 5) is 13.1. The first-order valence-electron chi connectivity index (χ1n) is 13.6. The number of aromatic nitrogens is 2. The van der Waals surface area contributed by atoms with E-state index in [1.165, 1.54) is 0 Å². The van der Waals surface area contributed by atoms with Crippen molar-refractivity contribution in [2.45, 2.75) is 20.8 Å². The maximum absolute atomic E-state index is 13.1. The Morgan fingerprint density at radius 1 is 0.927 bits per heavy atom. The van der Waals surface area contributed by atoms with Gasteiger partial charge in [-0.2, -0.15) is 10.2 Å². The van der Waals surface area contributed by atoms with Gasteiger partial charge in [-0.15, -0.1) is 0 Å². The van der Waals surface area contributed by atoms with Crippen molar-refractivity contribution < 1.29 is 28.5 Å². The zero-order chi connectivity index (χ0) is 28.6. The summed E-state index contributed by atoms with van der Waals surface area (Å²) in [5, 5.41) is 9.08. The van der Waals surface area contributed by atoms with Crippen LogP contribution < -0.4 is 29.1 Å². The highest BCUT2D eigenvalue weighted by Gasteiger charge is 2.19. The van der Waals surface area contributed by atoms with E-state index >= 15 is 0 Å². The lowest BCUT2D eigenvalue weighted by Gasteiger charge is -2.18. The minimum Gasteiger partial charge on any atom is -0.490 e. The van der Waals surface area contributed by atoms with E-state index in [1.54, 1.807) is 23.0 Å². The van der Waals surface area contributed by atoms with Crippen molar-refractivity contribution in [1.82, 2.24) is 15.2 Å². The molecule has 1 N–H and O–H groups in total. The maximum atomic E-state index is 13.1. The second-order valence-electron chi connectivity index (χ2n) is 8.87. The van der Waals surface area contributed by atoms with E-state index in [0.717, 1.165) is 11.3 Å². The predicted octanol–water partition coefficient (Wildman–Crippen LogP) is 5.27. The van der Waals surface area contributed by atoms with Gasteiger partial charge in [-0.3, -0.25) is 4.79 Å². The van der Waals surface area contributed by atoms with Crippen LogP contribution >= 0.6 is 0 Å². The van der Waals surface area contributed by atoms with Gasteiger partial charge < -0.3 is 23.7 Å². The van der Waals surface area contributed by atoms with Gasteiger partial charge in [0.05, 0.1) is 31.7 Å². The Labute approximate surface area is 238 Å². The normalized spacial score (nSPS) is 12.3. The Hall–Kier alpha value is -4.99. The fourth-order valence-corrected chi connectivity index (χ4v) is 4.35. The molecule has 10 nitrogen and oxygen atoms in total. The van der Waals surface area contributed by atoms with Crippen LogP contribution in [0.25, 0.3) is 16.9 Å². The van der Waals surface area contributed by atoms with Gasteiger partial charge in [0.2, 0.25) is 5.75 Å². The molecule has 4 aromatic rings. The molecule has 0 bridgehead atoms. The van der Waals surface area contributed by atoms with Gasteiger partial charge in [0.25, 0.3) is 5.91 Å². The van der Waals surface area contributed by atoms with Crippen LogP contribution in [0.4, 0.5) is 0 Å². The monoisotopic (exact) mass is 556 g/mol. The fraction of sp³-hybridized carbons (Fsp3) is 0.258. The van der Waals surface area contributed by atoms with E-state index in [4.69, 9.17) is 28.8 Å². The number of benzene rings is 3. The third kappa shape index (κ3) is 6.27. The number of carbonyl (C=O) groups is 1. The van der Waals surface area contributed by atoms with Crippen molar-refractivity contribution in [3.63, 3.8) is 0 Å². The lowest BCUT2D eigenvalue weighted by molar-refractivity contribution is 0.0954. The second kappa shape index (κ2) is 12.9. The summed E-state index contributed by atoms with van der Waals surface area (Å²) in [5.41, 5.74) is 6.01. The van der Waals surface area contributed by atoms with Crippen molar-refractivity contribution in [3.8, 4) is 45.7 Å². The van der Waals surface area contributed by atoms with E-state index < -0.39 is 5.91 Å². The van der Waals surface area contributed by atoms with Crippen LogP contribution in [-0.2, 0) is 0 Å². The minimum absolute atomic E-state index is 0.324. The first-order chi connectivity index (χ1) is 20.1. The molecule has 0 spiro atoms. The van der Waals surface area contributed by atoms with Gasteiger partial charge in [0.15, 0.2) is 23.0 Å². The molecule has 0 unspecified atom stereocenters. The molecule has 1 amide bonds. The second-order valence-corrected chi connectivity index (χ2v) is 8.87.